The van der Waals surface area contributed by atoms with Gasteiger partial charge in [0.15, 0.2) is 0 Å². The van der Waals surface area contributed by atoms with E-state index >= 15 is 0 Å². The Kier molecular flexibility index (Phi) is 4.62. The third-order valence-electron chi connectivity index (χ3n) is 4.00. The molecule has 0 bridgehead atoms. The number of hydrogen-bond donors (Lipinski definition) is 0. The maximum atomic E-state index is 5.95. The van der Waals surface area contributed by atoms with E-state index < -0.39 is 0 Å². The van der Waals surface area contributed by atoms with Gasteiger partial charge in [0, 0.05) is 29.1 Å². The SMILES string of the molecule is Clc1ccc(C2CN(Cc3nc(-c4ccsc4)no3)CCO2)cc1. The van der Waals surface area contributed by atoms with Crippen LogP contribution in [0.2, 0.25) is 5.02 Å². The molecule has 0 amide bonds. The summed E-state index contributed by atoms with van der Waals surface area (Å²) in [7, 11) is 0. The van der Waals surface area contributed by atoms with E-state index in [0.717, 1.165) is 29.2 Å². The van der Waals surface area contributed by atoms with Crippen LogP contribution in [-0.2, 0) is 11.3 Å². The Balaban J connectivity index is 1.42. The summed E-state index contributed by atoms with van der Waals surface area (Å²) >= 11 is 7.57. The highest BCUT2D eigenvalue weighted by Gasteiger charge is 2.23. The highest BCUT2D eigenvalue weighted by molar-refractivity contribution is 7.08. The van der Waals surface area contributed by atoms with Crippen LogP contribution in [0.1, 0.15) is 17.6 Å². The third kappa shape index (κ3) is 3.52. The molecule has 1 aliphatic heterocycles. The molecule has 1 saturated heterocycles. The van der Waals surface area contributed by atoms with Crippen LogP contribution in [0.15, 0.2) is 45.6 Å². The van der Waals surface area contributed by atoms with E-state index in [0.29, 0.717) is 24.9 Å². The topological polar surface area (TPSA) is 51.4 Å². The zero-order chi connectivity index (χ0) is 16.4. The number of halogens is 1. The van der Waals surface area contributed by atoms with Crippen LogP contribution in [0, 0.1) is 0 Å². The van der Waals surface area contributed by atoms with Gasteiger partial charge in [-0.05, 0) is 29.1 Å². The minimum absolute atomic E-state index is 0.0373. The first-order valence-electron chi connectivity index (χ1n) is 7.72. The first kappa shape index (κ1) is 15.8. The zero-order valence-corrected chi connectivity index (χ0v) is 14.5. The number of ether oxygens (including phenoxy) is 1. The molecule has 1 aromatic carbocycles. The third-order valence-corrected chi connectivity index (χ3v) is 4.93. The van der Waals surface area contributed by atoms with Crippen molar-refractivity contribution in [2.24, 2.45) is 0 Å². The maximum absolute atomic E-state index is 5.95. The largest absolute Gasteiger partial charge is 0.371 e. The predicted octanol–water partition coefficient (Wildman–Crippen LogP) is 4.03. The molecule has 1 atom stereocenters. The fourth-order valence-electron chi connectivity index (χ4n) is 2.74. The summed E-state index contributed by atoms with van der Waals surface area (Å²) in [6.45, 7) is 2.95. The minimum atomic E-state index is 0.0373. The summed E-state index contributed by atoms with van der Waals surface area (Å²) in [6.07, 6.45) is 0.0373. The normalized spacial score (nSPS) is 18.8. The van der Waals surface area contributed by atoms with Crippen molar-refractivity contribution in [3.05, 3.63) is 57.6 Å². The highest BCUT2D eigenvalue weighted by Crippen LogP contribution is 2.25. The van der Waals surface area contributed by atoms with Crippen molar-refractivity contribution in [2.45, 2.75) is 12.6 Å². The number of nitrogens with zero attached hydrogens (tertiary/aromatic N) is 3. The second kappa shape index (κ2) is 7.03. The molecule has 0 radical (unpaired) electrons. The number of thiophene rings is 1. The lowest BCUT2D eigenvalue weighted by molar-refractivity contribution is -0.0355. The summed E-state index contributed by atoms with van der Waals surface area (Å²) in [6, 6.07) is 9.80. The number of morpholine rings is 1. The molecule has 3 heterocycles. The monoisotopic (exact) mass is 361 g/mol. The Bertz CT molecular complexity index is 789. The van der Waals surface area contributed by atoms with Gasteiger partial charge in [0.2, 0.25) is 11.7 Å². The molecule has 2 aromatic heterocycles. The molecule has 0 N–H and O–H groups in total. The highest BCUT2D eigenvalue weighted by atomic mass is 35.5. The van der Waals surface area contributed by atoms with E-state index in [9.17, 15) is 0 Å². The number of hydrogen-bond acceptors (Lipinski definition) is 6. The zero-order valence-electron chi connectivity index (χ0n) is 12.9. The Morgan fingerprint density at radius 3 is 2.92 bits per heavy atom. The number of rotatable bonds is 4. The van der Waals surface area contributed by atoms with Crippen LogP contribution in [0.3, 0.4) is 0 Å². The average Bonchev–Trinajstić information content (AvgIpc) is 3.27. The quantitative estimate of drug-likeness (QED) is 0.702. The maximum Gasteiger partial charge on any atom is 0.241 e. The molecule has 5 nitrogen and oxygen atoms in total. The first-order valence-corrected chi connectivity index (χ1v) is 9.04. The van der Waals surface area contributed by atoms with Gasteiger partial charge in [0.25, 0.3) is 0 Å². The van der Waals surface area contributed by atoms with E-state index in [4.69, 9.17) is 20.9 Å². The van der Waals surface area contributed by atoms with Crippen LogP contribution in [0.5, 0.6) is 0 Å². The van der Waals surface area contributed by atoms with Crippen molar-refractivity contribution in [1.82, 2.24) is 15.0 Å². The first-order chi connectivity index (χ1) is 11.8. The minimum Gasteiger partial charge on any atom is -0.371 e. The molecule has 7 heteroatoms. The second-order valence-corrected chi connectivity index (χ2v) is 6.89. The standard InChI is InChI=1S/C17H16ClN3O2S/c18-14-3-1-12(2-4-14)15-9-21(6-7-22-15)10-16-19-17(20-23-16)13-5-8-24-11-13/h1-5,8,11,15H,6-7,9-10H2. The molecule has 1 aliphatic rings. The lowest BCUT2D eigenvalue weighted by Crippen LogP contribution is -2.37. The van der Waals surface area contributed by atoms with E-state index in [1.165, 1.54) is 0 Å². The van der Waals surface area contributed by atoms with Gasteiger partial charge in [-0.15, -0.1) is 0 Å². The molecular formula is C17H16ClN3O2S. The Labute approximate surface area is 148 Å². The van der Waals surface area contributed by atoms with Gasteiger partial charge in [-0.2, -0.15) is 16.3 Å². The second-order valence-electron chi connectivity index (χ2n) is 5.67. The smallest absolute Gasteiger partial charge is 0.241 e. The lowest BCUT2D eigenvalue weighted by atomic mass is 10.1. The van der Waals surface area contributed by atoms with Gasteiger partial charge in [0.05, 0.1) is 19.3 Å². The molecule has 1 unspecified atom stereocenters. The lowest BCUT2D eigenvalue weighted by Gasteiger charge is -2.32. The van der Waals surface area contributed by atoms with E-state index in [1.807, 2.05) is 41.1 Å². The van der Waals surface area contributed by atoms with Crippen molar-refractivity contribution >= 4 is 22.9 Å². The Morgan fingerprint density at radius 2 is 2.12 bits per heavy atom. The van der Waals surface area contributed by atoms with Gasteiger partial charge in [-0.25, -0.2) is 0 Å². The molecular weight excluding hydrogens is 346 g/mol. The van der Waals surface area contributed by atoms with Gasteiger partial charge in [-0.1, -0.05) is 28.9 Å². The van der Waals surface area contributed by atoms with Crippen LogP contribution < -0.4 is 0 Å². The number of benzene rings is 1. The van der Waals surface area contributed by atoms with Crippen LogP contribution in [0.4, 0.5) is 0 Å². The van der Waals surface area contributed by atoms with Gasteiger partial charge >= 0.3 is 0 Å². The van der Waals surface area contributed by atoms with Crippen molar-refractivity contribution in [3.8, 4) is 11.4 Å². The van der Waals surface area contributed by atoms with Crippen LogP contribution in [-0.4, -0.2) is 34.7 Å². The summed E-state index contributed by atoms with van der Waals surface area (Å²) in [4.78, 5) is 6.76. The molecule has 3 aromatic rings. The Morgan fingerprint density at radius 1 is 1.25 bits per heavy atom. The van der Waals surface area contributed by atoms with Crippen molar-refractivity contribution < 1.29 is 9.26 Å². The molecule has 1 fully saturated rings. The van der Waals surface area contributed by atoms with E-state index in [2.05, 4.69) is 15.0 Å². The van der Waals surface area contributed by atoms with Crippen molar-refractivity contribution in [2.75, 3.05) is 19.7 Å². The summed E-state index contributed by atoms with van der Waals surface area (Å²) < 4.78 is 11.3. The van der Waals surface area contributed by atoms with Crippen molar-refractivity contribution in [3.63, 3.8) is 0 Å². The molecule has 24 heavy (non-hydrogen) atoms. The summed E-state index contributed by atoms with van der Waals surface area (Å²) in [5.41, 5.74) is 2.13. The Hall–Kier alpha value is -1.73. The van der Waals surface area contributed by atoms with Crippen molar-refractivity contribution in [1.29, 1.82) is 0 Å². The fourth-order valence-corrected chi connectivity index (χ4v) is 3.50. The van der Waals surface area contributed by atoms with Gasteiger partial charge in [0.1, 0.15) is 0 Å². The molecule has 0 spiro atoms. The molecule has 0 saturated carbocycles. The average molecular weight is 362 g/mol. The number of aromatic nitrogens is 2. The summed E-state index contributed by atoms with van der Waals surface area (Å²) in [5, 5.41) is 8.81. The van der Waals surface area contributed by atoms with Crippen LogP contribution >= 0.6 is 22.9 Å². The predicted molar refractivity (Wildman–Crippen MR) is 93.0 cm³/mol. The molecule has 124 valence electrons. The van der Waals surface area contributed by atoms with Gasteiger partial charge < -0.3 is 9.26 Å². The molecule has 0 aliphatic carbocycles. The van der Waals surface area contributed by atoms with Gasteiger partial charge in [-0.3, -0.25) is 4.90 Å². The molecule has 4 rings (SSSR count). The van der Waals surface area contributed by atoms with E-state index in [1.54, 1.807) is 11.3 Å². The van der Waals surface area contributed by atoms with Crippen LogP contribution in [0.25, 0.3) is 11.4 Å². The fraction of sp³-hybridized carbons (Fsp3) is 0.294. The van der Waals surface area contributed by atoms with E-state index in [-0.39, 0.29) is 6.10 Å². The summed E-state index contributed by atoms with van der Waals surface area (Å²) in [5.74, 6) is 1.28.